The molecule has 7 nitrogen and oxygen atoms in total. The van der Waals surface area contributed by atoms with Gasteiger partial charge in [-0.25, -0.2) is 4.98 Å². The molecule has 8 heteroatoms. The van der Waals surface area contributed by atoms with Gasteiger partial charge in [0.05, 0.1) is 8.49 Å². The summed E-state index contributed by atoms with van der Waals surface area (Å²) < 4.78 is 2.27. The van der Waals surface area contributed by atoms with Crippen LogP contribution in [0.5, 0.6) is 0 Å². The van der Waals surface area contributed by atoms with Gasteiger partial charge in [0.1, 0.15) is 6.33 Å². The molecule has 0 unspecified atom stereocenters. The zero-order chi connectivity index (χ0) is 13.8. The molecule has 0 aliphatic rings. The van der Waals surface area contributed by atoms with E-state index in [1.807, 2.05) is 29.6 Å². The van der Waals surface area contributed by atoms with Crippen molar-refractivity contribution in [3.63, 3.8) is 0 Å². The van der Waals surface area contributed by atoms with Gasteiger partial charge in [0.15, 0.2) is 5.82 Å². The van der Waals surface area contributed by atoms with Crippen molar-refractivity contribution >= 4 is 34.0 Å². The molecule has 19 heavy (non-hydrogen) atoms. The molecule has 0 atom stereocenters. The summed E-state index contributed by atoms with van der Waals surface area (Å²) in [5.41, 5.74) is 0.975. The van der Waals surface area contributed by atoms with Crippen LogP contribution in [-0.2, 0) is 13.5 Å². The van der Waals surface area contributed by atoms with Gasteiger partial charge in [0, 0.05) is 31.8 Å². The largest absolute Gasteiger partial charge is 0.385 e. The Morgan fingerprint density at radius 3 is 2.89 bits per heavy atom. The minimum Gasteiger partial charge on any atom is -0.385 e. The molecule has 0 aliphatic heterocycles. The molecule has 1 aromatic carbocycles. The van der Waals surface area contributed by atoms with E-state index < -0.39 is 0 Å². The fourth-order valence-electron chi connectivity index (χ4n) is 1.58. The summed E-state index contributed by atoms with van der Waals surface area (Å²) in [6.45, 7) is 0.678. The second-order valence-electron chi connectivity index (χ2n) is 3.93. The van der Waals surface area contributed by atoms with Gasteiger partial charge in [0.2, 0.25) is 0 Å². The number of benzene rings is 1. The van der Waals surface area contributed by atoms with E-state index in [4.69, 9.17) is 0 Å². The number of aryl methyl sites for hydroxylation is 1. The number of nitrogens with one attached hydrogen (secondary N) is 1. The number of nitro benzene ring substituents is 1. The highest BCUT2D eigenvalue weighted by atomic mass is 127. The van der Waals surface area contributed by atoms with Crippen molar-refractivity contribution in [3.05, 3.63) is 44.0 Å². The zero-order valence-electron chi connectivity index (χ0n) is 10.2. The number of nitrogens with zero attached hydrogens (tertiary/aromatic N) is 4. The molecule has 0 radical (unpaired) electrons. The van der Waals surface area contributed by atoms with Crippen molar-refractivity contribution < 1.29 is 4.92 Å². The summed E-state index contributed by atoms with van der Waals surface area (Å²) in [4.78, 5) is 14.4. The number of aromatic nitrogens is 3. The topological polar surface area (TPSA) is 85.9 Å². The molecule has 1 N–H and O–H groups in total. The van der Waals surface area contributed by atoms with Crippen LogP contribution in [0.1, 0.15) is 5.82 Å². The maximum Gasteiger partial charge on any atom is 0.282 e. The summed E-state index contributed by atoms with van der Waals surface area (Å²) >= 11 is 1.96. The van der Waals surface area contributed by atoms with Gasteiger partial charge in [0.25, 0.3) is 5.69 Å². The normalized spacial score (nSPS) is 10.4. The average molecular weight is 373 g/mol. The van der Waals surface area contributed by atoms with E-state index in [9.17, 15) is 10.1 Å². The second kappa shape index (κ2) is 5.95. The number of rotatable bonds is 5. The minimum absolute atomic E-state index is 0.123. The van der Waals surface area contributed by atoms with Crippen molar-refractivity contribution in [2.45, 2.75) is 6.42 Å². The van der Waals surface area contributed by atoms with Gasteiger partial charge in [-0.1, -0.05) is 0 Å². The Bertz CT molecular complexity index is 599. The Kier molecular flexibility index (Phi) is 4.30. The predicted molar refractivity (Wildman–Crippen MR) is 79.0 cm³/mol. The van der Waals surface area contributed by atoms with Crippen LogP contribution in [-0.4, -0.2) is 26.2 Å². The van der Waals surface area contributed by atoms with Gasteiger partial charge in [-0.2, -0.15) is 5.10 Å². The summed E-state index contributed by atoms with van der Waals surface area (Å²) in [6.07, 6.45) is 2.36. The van der Waals surface area contributed by atoms with Crippen molar-refractivity contribution in [1.82, 2.24) is 14.8 Å². The van der Waals surface area contributed by atoms with Crippen LogP contribution in [0.4, 0.5) is 11.4 Å². The SMILES string of the molecule is Cn1cnc(CCNc2ccc([N+](=O)[O-])c(I)c2)n1. The van der Waals surface area contributed by atoms with E-state index >= 15 is 0 Å². The quantitative estimate of drug-likeness (QED) is 0.492. The maximum absolute atomic E-state index is 10.7. The second-order valence-corrected chi connectivity index (χ2v) is 5.10. The highest BCUT2D eigenvalue weighted by Gasteiger charge is 2.11. The van der Waals surface area contributed by atoms with Crippen molar-refractivity contribution in [1.29, 1.82) is 0 Å². The van der Waals surface area contributed by atoms with Crippen LogP contribution in [0.25, 0.3) is 0 Å². The lowest BCUT2D eigenvalue weighted by atomic mass is 10.3. The number of hydrogen-bond acceptors (Lipinski definition) is 5. The molecule has 2 aromatic rings. The molecule has 100 valence electrons. The molecule has 1 heterocycles. The highest BCUT2D eigenvalue weighted by molar-refractivity contribution is 14.1. The number of halogens is 1. The first-order valence-electron chi connectivity index (χ1n) is 5.58. The van der Waals surface area contributed by atoms with Crippen LogP contribution >= 0.6 is 22.6 Å². The lowest BCUT2D eigenvalue weighted by Crippen LogP contribution is -2.06. The fraction of sp³-hybridized carbons (Fsp3) is 0.273. The Balaban J connectivity index is 1.93. The van der Waals surface area contributed by atoms with Gasteiger partial charge >= 0.3 is 0 Å². The molecule has 0 saturated heterocycles. The fourth-order valence-corrected chi connectivity index (χ4v) is 2.29. The van der Waals surface area contributed by atoms with Crippen LogP contribution in [0.2, 0.25) is 0 Å². The Labute approximate surface area is 123 Å². The van der Waals surface area contributed by atoms with Gasteiger partial charge in [-0.05, 0) is 34.7 Å². The monoisotopic (exact) mass is 373 g/mol. The van der Waals surface area contributed by atoms with E-state index in [0.29, 0.717) is 16.5 Å². The van der Waals surface area contributed by atoms with Crippen molar-refractivity contribution in [2.75, 3.05) is 11.9 Å². The summed E-state index contributed by atoms with van der Waals surface area (Å²) in [7, 11) is 1.82. The molecule has 0 saturated carbocycles. The molecule has 0 amide bonds. The smallest absolute Gasteiger partial charge is 0.282 e. The van der Waals surface area contributed by atoms with Gasteiger partial charge in [-0.3, -0.25) is 14.8 Å². The minimum atomic E-state index is -0.386. The van der Waals surface area contributed by atoms with E-state index in [1.165, 1.54) is 6.07 Å². The first-order valence-corrected chi connectivity index (χ1v) is 6.66. The Morgan fingerprint density at radius 1 is 1.53 bits per heavy atom. The molecular formula is C11H12IN5O2. The first-order chi connectivity index (χ1) is 9.06. The molecule has 0 spiro atoms. The number of hydrogen-bond donors (Lipinski definition) is 1. The van der Waals surface area contributed by atoms with E-state index in [1.54, 1.807) is 23.1 Å². The van der Waals surface area contributed by atoms with Crippen molar-refractivity contribution in [2.24, 2.45) is 7.05 Å². The Morgan fingerprint density at radius 2 is 2.32 bits per heavy atom. The molecule has 1 aromatic heterocycles. The zero-order valence-corrected chi connectivity index (χ0v) is 12.4. The Hall–Kier alpha value is -1.71. The third kappa shape index (κ3) is 3.63. The lowest BCUT2D eigenvalue weighted by Gasteiger charge is -2.05. The number of nitro groups is 1. The molecule has 0 fully saturated rings. The van der Waals surface area contributed by atoms with Gasteiger partial charge in [-0.15, -0.1) is 0 Å². The summed E-state index contributed by atoms with van der Waals surface area (Å²) in [6, 6.07) is 4.96. The average Bonchev–Trinajstić information content (AvgIpc) is 2.75. The van der Waals surface area contributed by atoms with E-state index in [-0.39, 0.29) is 10.6 Å². The van der Waals surface area contributed by atoms with Crippen LogP contribution in [0.3, 0.4) is 0 Å². The van der Waals surface area contributed by atoms with Crippen LogP contribution in [0.15, 0.2) is 24.5 Å². The van der Waals surface area contributed by atoms with Crippen molar-refractivity contribution in [3.8, 4) is 0 Å². The van der Waals surface area contributed by atoms with Crippen LogP contribution in [0, 0.1) is 13.7 Å². The molecular weight excluding hydrogens is 361 g/mol. The lowest BCUT2D eigenvalue weighted by molar-refractivity contribution is -0.385. The number of anilines is 1. The highest BCUT2D eigenvalue weighted by Crippen LogP contribution is 2.23. The van der Waals surface area contributed by atoms with E-state index in [2.05, 4.69) is 15.4 Å². The first kappa shape index (κ1) is 13.7. The predicted octanol–water partition coefficient (Wildman–Crippen LogP) is 1.98. The van der Waals surface area contributed by atoms with E-state index in [0.717, 1.165) is 11.5 Å². The third-order valence-electron chi connectivity index (χ3n) is 2.47. The molecule has 2 rings (SSSR count). The van der Waals surface area contributed by atoms with Gasteiger partial charge < -0.3 is 5.32 Å². The summed E-state index contributed by atoms with van der Waals surface area (Å²) in [5, 5.41) is 18.1. The molecule has 0 aliphatic carbocycles. The third-order valence-corrected chi connectivity index (χ3v) is 3.33. The van der Waals surface area contributed by atoms with Crippen LogP contribution < -0.4 is 5.32 Å². The maximum atomic E-state index is 10.7. The molecule has 0 bridgehead atoms. The summed E-state index contributed by atoms with van der Waals surface area (Å²) in [5.74, 6) is 0.770. The standard InChI is InChI=1S/C11H12IN5O2/c1-16-7-14-11(15-16)4-5-13-8-2-3-10(17(18)19)9(12)6-8/h2-3,6-7,13H,4-5H2,1H3.